The Labute approximate surface area is 258 Å². The first kappa shape index (κ1) is 29.3. The molecular weight excluding hydrogens is 551 g/mol. The van der Waals surface area contributed by atoms with Crippen molar-refractivity contribution in [2.24, 2.45) is 11.8 Å². The molecule has 2 aliphatic heterocycles. The van der Waals surface area contributed by atoms with Gasteiger partial charge in [-0.3, -0.25) is 14.6 Å². The van der Waals surface area contributed by atoms with Crippen molar-refractivity contribution in [2.75, 3.05) is 0 Å². The molecule has 0 saturated heterocycles. The van der Waals surface area contributed by atoms with E-state index in [2.05, 4.69) is 52.7 Å². The van der Waals surface area contributed by atoms with Crippen LogP contribution < -0.4 is 14.6 Å². The molecule has 6 rings (SSSR count). The molecule has 0 saturated carbocycles. The molecular formula is C35H37BN4O4. The van der Waals surface area contributed by atoms with E-state index in [-0.39, 0.29) is 29.7 Å². The van der Waals surface area contributed by atoms with Gasteiger partial charge in [-0.1, -0.05) is 62.4 Å². The van der Waals surface area contributed by atoms with Crippen LogP contribution in [0.15, 0.2) is 91.4 Å². The number of carbonyl (C=O) groups excluding carboxylic acids is 2. The van der Waals surface area contributed by atoms with Crippen molar-refractivity contribution in [3.8, 4) is 11.5 Å². The Kier molecular flexibility index (Phi) is 8.04. The zero-order valence-electron chi connectivity index (χ0n) is 25.6. The van der Waals surface area contributed by atoms with Gasteiger partial charge in [0.2, 0.25) is 5.91 Å². The molecule has 0 radical (unpaired) electrons. The van der Waals surface area contributed by atoms with Crippen LogP contribution in [-0.2, 0) is 11.2 Å². The molecule has 0 aliphatic carbocycles. The van der Waals surface area contributed by atoms with E-state index < -0.39 is 18.5 Å². The Balaban J connectivity index is 1.40. The minimum absolute atomic E-state index is 0.00729. The highest BCUT2D eigenvalue weighted by atomic mass is 16.6. The molecule has 0 spiro atoms. The predicted molar refractivity (Wildman–Crippen MR) is 170 cm³/mol. The van der Waals surface area contributed by atoms with E-state index in [4.69, 9.17) is 9.31 Å². The van der Waals surface area contributed by atoms with Crippen LogP contribution in [0.25, 0.3) is 0 Å². The molecule has 0 bridgehead atoms. The summed E-state index contributed by atoms with van der Waals surface area (Å²) in [5.41, 5.74) is 5.17. The fourth-order valence-electron chi connectivity index (χ4n) is 6.47. The van der Waals surface area contributed by atoms with Gasteiger partial charge in [0.1, 0.15) is 17.2 Å². The zero-order valence-corrected chi connectivity index (χ0v) is 25.6. The number of Topliss-reactive ketones (excluding diaryl/α,β-unsaturated/α-hetero) is 1. The number of rotatable bonds is 10. The van der Waals surface area contributed by atoms with Crippen LogP contribution in [0.4, 0.5) is 5.69 Å². The van der Waals surface area contributed by atoms with E-state index in [9.17, 15) is 9.59 Å². The van der Waals surface area contributed by atoms with Crippen molar-refractivity contribution in [3.05, 3.63) is 114 Å². The minimum Gasteiger partial charge on any atom is -0.621 e. The lowest BCUT2D eigenvalue weighted by atomic mass is 9.58. The van der Waals surface area contributed by atoms with Crippen molar-refractivity contribution in [3.63, 3.8) is 0 Å². The maximum Gasteiger partial charge on any atom is 0.675 e. The second-order valence-corrected chi connectivity index (χ2v) is 12.2. The molecule has 3 aromatic carbocycles. The standard InChI is InChI=1S/C35H37BN4O4/c1-23(2)18-34(39-35(42)27(20-26-10-6-5-7-11-26)21-31(41)29-22-37-16-17-38-29)36-40(30-12-8-9-13-32(30)43-36)25(4)28-15-14-24(3)19-33(28)44-36/h5-17,19,22-23,27,34H,18,20-21H2,1-4H3,(H,39,42)/t27?,34-,36?/m0/s1. The summed E-state index contributed by atoms with van der Waals surface area (Å²) in [6.45, 7) is 6.05. The molecule has 1 aromatic heterocycles. The number of hydrogen-bond donors (Lipinski definition) is 1. The van der Waals surface area contributed by atoms with Gasteiger partial charge in [-0.25, -0.2) is 4.98 Å². The van der Waals surface area contributed by atoms with Crippen LogP contribution >= 0.6 is 0 Å². The smallest absolute Gasteiger partial charge is 0.621 e. The van der Waals surface area contributed by atoms with Crippen LogP contribution in [0.1, 0.15) is 60.8 Å². The van der Waals surface area contributed by atoms with Gasteiger partial charge in [0, 0.05) is 37.7 Å². The Morgan fingerprint density at radius 2 is 1.68 bits per heavy atom. The average molecular weight is 589 g/mol. The number of fused-ring (bicyclic) bond motifs is 4. The molecule has 1 N–H and O–H groups in total. The molecule has 9 heteroatoms. The number of benzene rings is 3. The van der Waals surface area contributed by atoms with E-state index in [0.29, 0.717) is 18.6 Å². The normalized spacial score (nSPS) is 17.9. The van der Waals surface area contributed by atoms with Gasteiger partial charge in [0.25, 0.3) is 0 Å². The summed E-state index contributed by atoms with van der Waals surface area (Å²) in [6.07, 6.45) is 5.44. The van der Waals surface area contributed by atoms with Gasteiger partial charge in [-0.15, -0.1) is 0 Å². The number of ketones is 1. The third-order valence-electron chi connectivity index (χ3n) is 8.50. The molecule has 0 fully saturated rings. The summed E-state index contributed by atoms with van der Waals surface area (Å²) in [6, 6.07) is 23.8. The molecule has 4 aromatic rings. The van der Waals surface area contributed by atoms with Crippen LogP contribution in [0.3, 0.4) is 0 Å². The van der Waals surface area contributed by atoms with Gasteiger partial charge in [-0.05, 0) is 55.0 Å². The summed E-state index contributed by atoms with van der Waals surface area (Å²) < 4.78 is 15.9. The largest absolute Gasteiger partial charge is 0.675 e. The van der Waals surface area contributed by atoms with Crippen molar-refractivity contribution < 1.29 is 23.4 Å². The topological polar surface area (TPSA) is 93.4 Å². The highest BCUT2D eigenvalue weighted by Crippen LogP contribution is 2.45. The van der Waals surface area contributed by atoms with Crippen LogP contribution in [0.5, 0.6) is 11.5 Å². The highest BCUT2D eigenvalue weighted by Gasteiger charge is 2.63. The molecule has 1 amide bonds. The quantitative estimate of drug-likeness (QED) is 0.184. The lowest BCUT2D eigenvalue weighted by Crippen LogP contribution is -2.71. The summed E-state index contributed by atoms with van der Waals surface area (Å²) in [4.78, 5) is 35.9. The fraction of sp³-hybridized carbons (Fsp3) is 0.286. The first-order chi connectivity index (χ1) is 21.2. The van der Waals surface area contributed by atoms with Gasteiger partial charge >= 0.3 is 6.69 Å². The van der Waals surface area contributed by atoms with Crippen molar-refractivity contribution in [1.82, 2.24) is 15.3 Å². The van der Waals surface area contributed by atoms with Gasteiger partial charge in [0.05, 0.1) is 23.5 Å². The first-order valence-electron chi connectivity index (χ1n) is 15.2. The number of nitrogens with one attached hydrogen (secondary N) is 1. The van der Waals surface area contributed by atoms with Crippen LogP contribution in [-0.4, -0.2) is 44.5 Å². The van der Waals surface area contributed by atoms with Gasteiger partial charge in [0.15, 0.2) is 11.5 Å². The van der Waals surface area contributed by atoms with Crippen molar-refractivity contribution in [2.45, 2.75) is 52.9 Å². The first-order valence-corrected chi connectivity index (χ1v) is 15.2. The Hall–Kier alpha value is -4.79. The van der Waals surface area contributed by atoms with E-state index in [1.807, 2.05) is 67.6 Å². The van der Waals surface area contributed by atoms with E-state index in [0.717, 1.165) is 33.8 Å². The highest BCUT2D eigenvalue weighted by molar-refractivity contribution is 6.65. The number of carbonyl (C=O) groups is 2. The van der Waals surface area contributed by atoms with Gasteiger partial charge < -0.3 is 19.1 Å². The second kappa shape index (κ2) is 12.1. The Morgan fingerprint density at radius 3 is 2.43 bits per heavy atom. The number of aromatic nitrogens is 2. The predicted octanol–water partition coefficient (Wildman–Crippen LogP) is 5.86. The van der Waals surface area contributed by atoms with Crippen LogP contribution in [0, 0.1) is 18.8 Å². The lowest BCUT2D eigenvalue weighted by Gasteiger charge is -2.42. The molecule has 2 aliphatic rings. The summed E-state index contributed by atoms with van der Waals surface area (Å²) in [7, 11) is 0. The summed E-state index contributed by atoms with van der Waals surface area (Å²) >= 11 is 0. The number of hydrogen-bond acceptors (Lipinski definition) is 6. The number of amides is 1. The Morgan fingerprint density at radius 1 is 0.932 bits per heavy atom. The lowest BCUT2D eigenvalue weighted by molar-refractivity contribution is -0.327. The number of para-hydroxylation sites is 2. The molecule has 2 unspecified atom stereocenters. The monoisotopic (exact) mass is 588 g/mol. The summed E-state index contributed by atoms with van der Waals surface area (Å²) in [5.74, 6) is 0.0156. The third-order valence-corrected chi connectivity index (χ3v) is 8.50. The van der Waals surface area contributed by atoms with Crippen LogP contribution in [0.2, 0.25) is 0 Å². The van der Waals surface area contributed by atoms with E-state index >= 15 is 0 Å². The maximum absolute atomic E-state index is 14.4. The molecule has 3 atom stereocenters. The van der Waals surface area contributed by atoms with Crippen molar-refractivity contribution >= 4 is 29.8 Å². The minimum atomic E-state index is -2.29. The zero-order chi connectivity index (χ0) is 30.8. The molecule has 8 nitrogen and oxygen atoms in total. The average Bonchev–Trinajstić information content (AvgIpc) is 3.36. The summed E-state index contributed by atoms with van der Waals surface area (Å²) in [5, 5.41) is 3.35. The SMILES string of the molecule is CC1=[N+]2c3ccccc3O[B-]2([C@H](CC(C)C)NC(=O)C(CC(=O)c2cnccn2)Cc2ccccc2)Oc2cc(C)ccc21. The third kappa shape index (κ3) is 5.62. The molecule has 3 heterocycles. The second-order valence-electron chi connectivity index (χ2n) is 12.2. The number of nitrogens with zero attached hydrogens (tertiary/aromatic N) is 3. The maximum atomic E-state index is 14.4. The molecule has 224 valence electrons. The Bertz CT molecular complexity index is 1730. The van der Waals surface area contributed by atoms with E-state index in [1.54, 1.807) is 0 Å². The van der Waals surface area contributed by atoms with E-state index in [1.165, 1.54) is 18.6 Å². The molecule has 44 heavy (non-hydrogen) atoms. The van der Waals surface area contributed by atoms with Gasteiger partial charge in [-0.2, -0.15) is 0 Å². The number of aryl methyl sites for hydroxylation is 1. The fourth-order valence-corrected chi connectivity index (χ4v) is 6.47. The van der Waals surface area contributed by atoms with Crippen molar-refractivity contribution in [1.29, 1.82) is 0 Å².